The highest BCUT2D eigenvalue weighted by Crippen LogP contribution is 2.32. The Hall–Kier alpha value is -3.21. The summed E-state index contributed by atoms with van der Waals surface area (Å²) in [4.78, 5) is 29.0. The molecule has 0 aliphatic heterocycles. The third-order valence-corrected chi connectivity index (χ3v) is 5.77. The van der Waals surface area contributed by atoms with Crippen LogP contribution in [0.25, 0.3) is 11.1 Å². The first kappa shape index (κ1) is 20.1. The van der Waals surface area contributed by atoms with E-state index in [1.807, 2.05) is 42.5 Å². The number of carbonyl (C=O) groups is 1. The lowest BCUT2D eigenvalue weighted by Gasteiger charge is -2.11. The number of hydrogen-bond donors (Lipinski definition) is 1. The van der Waals surface area contributed by atoms with Crippen LogP contribution in [0, 0.1) is 0 Å². The van der Waals surface area contributed by atoms with Crippen molar-refractivity contribution in [2.45, 2.75) is 44.6 Å². The number of aromatic nitrogens is 2. The van der Waals surface area contributed by atoms with Crippen molar-refractivity contribution in [1.82, 2.24) is 14.9 Å². The minimum absolute atomic E-state index is 0.0438. The summed E-state index contributed by atoms with van der Waals surface area (Å²) in [6, 6.07) is 19.9. The second-order valence-electron chi connectivity index (χ2n) is 7.92. The fourth-order valence-electron chi connectivity index (χ4n) is 4.06. The molecule has 0 atom stereocenters. The maximum absolute atomic E-state index is 12.3. The second kappa shape index (κ2) is 9.53. The van der Waals surface area contributed by atoms with E-state index >= 15 is 0 Å². The van der Waals surface area contributed by atoms with Gasteiger partial charge in [-0.1, -0.05) is 67.4 Å². The van der Waals surface area contributed by atoms with E-state index in [0.29, 0.717) is 25.4 Å². The zero-order valence-electron chi connectivity index (χ0n) is 17.1. The summed E-state index contributed by atoms with van der Waals surface area (Å²) in [6.45, 7) is 0.834. The largest absolute Gasteiger partial charge is 0.354 e. The quantitative estimate of drug-likeness (QED) is 0.652. The average Bonchev–Trinajstić information content (AvgIpc) is 3.31. The van der Waals surface area contributed by atoms with E-state index in [4.69, 9.17) is 0 Å². The maximum atomic E-state index is 12.3. The molecule has 2 aromatic carbocycles. The first-order chi connectivity index (χ1) is 14.7. The first-order valence-electron chi connectivity index (χ1n) is 10.7. The Morgan fingerprint density at radius 2 is 1.70 bits per heavy atom. The lowest BCUT2D eigenvalue weighted by molar-refractivity contribution is -0.120. The SMILES string of the molecule is O=C(Cc1ccc(-c2ccccc2)cc1)NCCn1cnc(C2CCCC2)cc1=O. The predicted molar refractivity (Wildman–Crippen MR) is 118 cm³/mol. The molecule has 1 amide bonds. The molecule has 0 bridgehead atoms. The Morgan fingerprint density at radius 1 is 1.00 bits per heavy atom. The van der Waals surface area contributed by atoms with Crippen LogP contribution in [0.2, 0.25) is 0 Å². The van der Waals surface area contributed by atoms with Gasteiger partial charge in [0.05, 0.1) is 18.4 Å². The lowest BCUT2D eigenvalue weighted by Crippen LogP contribution is -2.32. The van der Waals surface area contributed by atoms with Crippen molar-refractivity contribution in [3.63, 3.8) is 0 Å². The van der Waals surface area contributed by atoms with Gasteiger partial charge in [0.2, 0.25) is 5.91 Å². The number of rotatable bonds is 7. The summed E-state index contributed by atoms with van der Waals surface area (Å²) in [5, 5.41) is 2.90. The molecule has 0 radical (unpaired) electrons. The third-order valence-electron chi connectivity index (χ3n) is 5.77. The molecule has 30 heavy (non-hydrogen) atoms. The van der Waals surface area contributed by atoms with Gasteiger partial charge in [-0.3, -0.25) is 14.2 Å². The van der Waals surface area contributed by atoms with Gasteiger partial charge in [0.25, 0.3) is 5.56 Å². The summed E-state index contributed by atoms with van der Waals surface area (Å²) in [5.74, 6) is 0.381. The topological polar surface area (TPSA) is 64.0 Å². The summed E-state index contributed by atoms with van der Waals surface area (Å²) in [6.07, 6.45) is 6.62. The Morgan fingerprint density at radius 3 is 2.40 bits per heavy atom. The van der Waals surface area contributed by atoms with E-state index in [-0.39, 0.29) is 11.5 Å². The van der Waals surface area contributed by atoms with Crippen molar-refractivity contribution < 1.29 is 4.79 Å². The van der Waals surface area contributed by atoms with Crippen LogP contribution in [-0.4, -0.2) is 22.0 Å². The van der Waals surface area contributed by atoms with E-state index < -0.39 is 0 Å². The first-order valence-corrected chi connectivity index (χ1v) is 10.7. The molecular formula is C25H27N3O2. The molecule has 1 saturated carbocycles. The van der Waals surface area contributed by atoms with Crippen molar-refractivity contribution in [2.75, 3.05) is 6.54 Å². The van der Waals surface area contributed by atoms with Crippen LogP contribution in [0.3, 0.4) is 0 Å². The number of nitrogens with zero attached hydrogens (tertiary/aromatic N) is 2. The van der Waals surface area contributed by atoms with Crippen LogP contribution in [0.5, 0.6) is 0 Å². The summed E-state index contributed by atoms with van der Waals surface area (Å²) >= 11 is 0. The number of amides is 1. The molecule has 0 saturated heterocycles. The summed E-state index contributed by atoms with van der Waals surface area (Å²) in [7, 11) is 0. The van der Waals surface area contributed by atoms with Gasteiger partial charge in [-0.15, -0.1) is 0 Å². The highest BCUT2D eigenvalue weighted by atomic mass is 16.1. The van der Waals surface area contributed by atoms with Crippen LogP contribution < -0.4 is 10.9 Å². The van der Waals surface area contributed by atoms with Crippen molar-refractivity contribution >= 4 is 5.91 Å². The number of nitrogens with one attached hydrogen (secondary N) is 1. The predicted octanol–water partition coefficient (Wildman–Crippen LogP) is 3.93. The highest BCUT2D eigenvalue weighted by Gasteiger charge is 2.18. The zero-order valence-corrected chi connectivity index (χ0v) is 17.1. The smallest absolute Gasteiger partial charge is 0.253 e. The average molecular weight is 402 g/mol. The minimum Gasteiger partial charge on any atom is -0.354 e. The van der Waals surface area contributed by atoms with Gasteiger partial charge in [0.15, 0.2) is 0 Å². The van der Waals surface area contributed by atoms with E-state index in [1.165, 1.54) is 12.8 Å². The van der Waals surface area contributed by atoms with Crippen LogP contribution >= 0.6 is 0 Å². The molecule has 5 heteroatoms. The number of hydrogen-bond acceptors (Lipinski definition) is 3. The highest BCUT2D eigenvalue weighted by molar-refractivity contribution is 5.78. The molecule has 1 fully saturated rings. The normalized spacial score (nSPS) is 14.0. The van der Waals surface area contributed by atoms with Gasteiger partial charge in [-0.25, -0.2) is 4.98 Å². The molecule has 0 unspecified atom stereocenters. The van der Waals surface area contributed by atoms with Crippen molar-refractivity contribution in [3.05, 3.63) is 88.6 Å². The van der Waals surface area contributed by atoms with Crippen LogP contribution in [0.4, 0.5) is 0 Å². The Kier molecular flexibility index (Phi) is 6.38. The molecule has 0 spiro atoms. The van der Waals surface area contributed by atoms with E-state index in [1.54, 1.807) is 17.0 Å². The van der Waals surface area contributed by atoms with Crippen molar-refractivity contribution in [2.24, 2.45) is 0 Å². The third kappa shape index (κ3) is 5.03. The fraction of sp³-hybridized carbons (Fsp3) is 0.320. The van der Waals surface area contributed by atoms with Gasteiger partial charge in [0, 0.05) is 25.1 Å². The van der Waals surface area contributed by atoms with Gasteiger partial charge in [-0.2, -0.15) is 0 Å². The monoisotopic (exact) mass is 401 g/mol. The molecule has 5 nitrogen and oxygen atoms in total. The summed E-state index contributed by atoms with van der Waals surface area (Å²) < 4.78 is 1.56. The molecule has 4 rings (SSSR count). The van der Waals surface area contributed by atoms with Gasteiger partial charge in [-0.05, 0) is 29.5 Å². The maximum Gasteiger partial charge on any atom is 0.253 e. The van der Waals surface area contributed by atoms with E-state index in [9.17, 15) is 9.59 Å². The standard InChI is InChI=1S/C25H27N3O2/c29-24(16-19-10-12-21(13-11-19)20-6-2-1-3-7-20)26-14-15-28-18-27-23(17-25(28)30)22-8-4-5-9-22/h1-3,6-7,10-13,17-18,22H,4-5,8-9,14-16H2,(H,26,29). The van der Waals surface area contributed by atoms with Gasteiger partial charge < -0.3 is 5.32 Å². The van der Waals surface area contributed by atoms with E-state index in [0.717, 1.165) is 35.2 Å². The van der Waals surface area contributed by atoms with Crippen LogP contribution in [0.15, 0.2) is 71.8 Å². The van der Waals surface area contributed by atoms with Gasteiger partial charge in [0.1, 0.15) is 0 Å². The van der Waals surface area contributed by atoms with Gasteiger partial charge >= 0.3 is 0 Å². The molecule has 1 aliphatic rings. The Labute approximate surface area is 176 Å². The van der Waals surface area contributed by atoms with Crippen LogP contribution in [0.1, 0.15) is 42.9 Å². The minimum atomic E-state index is -0.0500. The zero-order chi connectivity index (χ0) is 20.8. The molecule has 1 aromatic heterocycles. The molecule has 154 valence electrons. The summed E-state index contributed by atoms with van der Waals surface area (Å²) in [5.41, 5.74) is 4.13. The number of carbonyl (C=O) groups excluding carboxylic acids is 1. The Balaban J connectivity index is 1.26. The molecule has 1 N–H and O–H groups in total. The van der Waals surface area contributed by atoms with Crippen molar-refractivity contribution in [3.8, 4) is 11.1 Å². The molecular weight excluding hydrogens is 374 g/mol. The molecule has 3 aromatic rings. The number of benzene rings is 2. The van der Waals surface area contributed by atoms with Crippen molar-refractivity contribution in [1.29, 1.82) is 0 Å². The molecule has 1 aliphatic carbocycles. The second-order valence-corrected chi connectivity index (χ2v) is 7.92. The van der Waals surface area contributed by atoms with E-state index in [2.05, 4.69) is 22.4 Å². The fourth-order valence-corrected chi connectivity index (χ4v) is 4.06. The lowest BCUT2D eigenvalue weighted by atomic mass is 10.0. The molecule has 1 heterocycles. The van der Waals surface area contributed by atoms with Crippen LogP contribution in [-0.2, 0) is 17.8 Å². The Bertz CT molecular complexity index is 1040.